The molecule has 0 bridgehead atoms. The molecule has 162 valence electrons. The van der Waals surface area contributed by atoms with Crippen molar-refractivity contribution in [2.45, 2.75) is 56.4 Å². The van der Waals surface area contributed by atoms with Gasteiger partial charge in [0, 0.05) is 30.4 Å². The number of nitrogens with one attached hydrogen (secondary N) is 1. The van der Waals surface area contributed by atoms with E-state index in [4.69, 9.17) is 0 Å². The van der Waals surface area contributed by atoms with Gasteiger partial charge >= 0.3 is 0 Å². The Bertz CT molecular complexity index is 856. The second kappa shape index (κ2) is 8.60. The van der Waals surface area contributed by atoms with Gasteiger partial charge in [-0.1, -0.05) is 37.5 Å². The molecule has 1 aliphatic carbocycles. The van der Waals surface area contributed by atoms with Crippen LogP contribution in [0.4, 0.5) is 4.39 Å². The van der Waals surface area contributed by atoms with Crippen molar-refractivity contribution < 1.29 is 9.18 Å². The van der Waals surface area contributed by atoms with Crippen molar-refractivity contribution >= 4 is 29.7 Å². The van der Waals surface area contributed by atoms with Crippen LogP contribution in [0.3, 0.4) is 0 Å². The molecule has 0 radical (unpaired) electrons. The summed E-state index contributed by atoms with van der Waals surface area (Å²) in [6, 6.07) is 11.3. The minimum absolute atomic E-state index is 0. The van der Waals surface area contributed by atoms with Crippen LogP contribution < -0.4 is 5.32 Å². The van der Waals surface area contributed by atoms with E-state index < -0.39 is 0 Å². The number of thiophene rings is 1. The predicted molar refractivity (Wildman–Crippen MR) is 122 cm³/mol. The molecular formula is C24H30ClFN2OS. The van der Waals surface area contributed by atoms with Gasteiger partial charge in [-0.15, -0.1) is 23.7 Å². The fourth-order valence-electron chi connectivity index (χ4n) is 6.16. The Kier molecular flexibility index (Phi) is 6.25. The first-order chi connectivity index (χ1) is 14.1. The van der Waals surface area contributed by atoms with Crippen LogP contribution in [0.25, 0.3) is 0 Å². The Labute approximate surface area is 188 Å². The van der Waals surface area contributed by atoms with E-state index in [-0.39, 0.29) is 41.0 Å². The number of carbonyl (C=O) groups excluding carboxylic acids is 1. The highest BCUT2D eigenvalue weighted by Crippen LogP contribution is 2.52. The maximum atomic E-state index is 13.4. The Morgan fingerprint density at radius 2 is 1.70 bits per heavy atom. The standard InChI is InChI=1S/C24H29FN2OS.ClH/c25-19-8-6-18(7-9-19)20-17-26-22(28)23(20)12-14-27(15-13-23)24(10-2-1-3-11-24)21-5-4-16-29-21;/h4-9,16,20H,1-3,10-15,17H2,(H,26,28);1H. The lowest BCUT2D eigenvalue weighted by Gasteiger charge is -2.51. The molecule has 1 aromatic carbocycles. The smallest absolute Gasteiger partial charge is 0.227 e. The quantitative estimate of drug-likeness (QED) is 0.675. The van der Waals surface area contributed by atoms with E-state index in [9.17, 15) is 9.18 Å². The zero-order valence-corrected chi connectivity index (χ0v) is 18.9. The number of benzene rings is 1. The number of halogens is 2. The first kappa shape index (κ1) is 21.8. The van der Waals surface area contributed by atoms with Gasteiger partial charge in [0.1, 0.15) is 5.82 Å². The number of hydrogen-bond donors (Lipinski definition) is 1. The van der Waals surface area contributed by atoms with Crippen molar-refractivity contribution in [2.75, 3.05) is 19.6 Å². The molecule has 2 aliphatic heterocycles. The second-order valence-corrected chi connectivity index (χ2v) is 9.97. The van der Waals surface area contributed by atoms with E-state index in [0.717, 1.165) is 31.5 Å². The molecule has 5 rings (SSSR count). The Morgan fingerprint density at radius 3 is 2.33 bits per heavy atom. The van der Waals surface area contributed by atoms with Gasteiger partial charge in [-0.25, -0.2) is 4.39 Å². The molecule has 1 unspecified atom stereocenters. The lowest BCUT2D eigenvalue weighted by atomic mass is 9.66. The van der Waals surface area contributed by atoms with Gasteiger partial charge in [0.25, 0.3) is 0 Å². The van der Waals surface area contributed by atoms with Gasteiger partial charge in [0.2, 0.25) is 5.91 Å². The zero-order valence-electron chi connectivity index (χ0n) is 17.2. The number of piperidine rings is 1. The summed E-state index contributed by atoms with van der Waals surface area (Å²) < 4.78 is 13.4. The molecule has 1 N–H and O–H groups in total. The predicted octanol–water partition coefficient (Wildman–Crippen LogP) is 5.46. The molecule has 3 nitrogen and oxygen atoms in total. The van der Waals surface area contributed by atoms with E-state index in [1.807, 2.05) is 23.5 Å². The summed E-state index contributed by atoms with van der Waals surface area (Å²) >= 11 is 1.89. The van der Waals surface area contributed by atoms with Crippen LogP contribution >= 0.6 is 23.7 Å². The van der Waals surface area contributed by atoms with Crippen LogP contribution in [-0.4, -0.2) is 30.4 Å². The first-order valence-electron chi connectivity index (χ1n) is 11.0. The van der Waals surface area contributed by atoms with E-state index in [1.54, 1.807) is 0 Å². The average molecular weight is 449 g/mol. The summed E-state index contributed by atoms with van der Waals surface area (Å²) in [5.74, 6) is 0.118. The van der Waals surface area contributed by atoms with Crippen molar-refractivity contribution in [3.05, 3.63) is 58.0 Å². The van der Waals surface area contributed by atoms with Gasteiger partial charge < -0.3 is 5.32 Å². The van der Waals surface area contributed by atoms with Gasteiger partial charge in [0.15, 0.2) is 0 Å². The van der Waals surface area contributed by atoms with E-state index in [0.29, 0.717) is 6.54 Å². The number of amides is 1. The van der Waals surface area contributed by atoms with Gasteiger partial charge in [0.05, 0.1) is 11.0 Å². The molecule has 30 heavy (non-hydrogen) atoms. The first-order valence-corrected chi connectivity index (χ1v) is 11.8. The van der Waals surface area contributed by atoms with Crippen LogP contribution in [0.15, 0.2) is 41.8 Å². The van der Waals surface area contributed by atoms with Crippen molar-refractivity contribution in [1.82, 2.24) is 10.2 Å². The molecule has 1 spiro atoms. The molecule has 2 saturated heterocycles. The normalized spacial score (nSPS) is 25.6. The lowest BCUT2D eigenvalue weighted by molar-refractivity contribution is -0.132. The minimum Gasteiger partial charge on any atom is -0.355 e. The maximum Gasteiger partial charge on any atom is 0.227 e. The Morgan fingerprint density at radius 1 is 1.00 bits per heavy atom. The van der Waals surface area contributed by atoms with Crippen molar-refractivity contribution in [3.63, 3.8) is 0 Å². The summed E-state index contributed by atoms with van der Waals surface area (Å²) in [7, 11) is 0. The molecule has 3 aliphatic rings. The summed E-state index contributed by atoms with van der Waals surface area (Å²) in [4.78, 5) is 17.2. The summed E-state index contributed by atoms with van der Waals surface area (Å²) in [6.07, 6.45) is 8.14. The monoisotopic (exact) mass is 448 g/mol. The second-order valence-electron chi connectivity index (χ2n) is 9.03. The number of hydrogen-bond acceptors (Lipinski definition) is 3. The van der Waals surface area contributed by atoms with Crippen LogP contribution in [-0.2, 0) is 10.3 Å². The van der Waals surface area contributed by atoms with Crippen LogP contribution in [0, 0.1) is 11.2 Å². The van der Waals surface area contributed by atoms with E-state index in [2.05, 4.69) is 27.7 Å². The van der Waals surface area contributed by atoms with Crippen LogP contribution in [0.5, 0.6) is 0 Å². The SMILES string of the molecule is Cl.O=C1NCC(c2ccc(F)cc2)C12CCN(C1(c3cccs3)CCCCC1)CC2. The average Bonchev–Trinajstić information content (AvgIpc) is 3.40. The van der Waals surface area contributed by atoms with E-state index in [1.165, 1.54) is 49.1 Å². The third-order valence-corrected chi connectivity index (χ3v) is 8.84. The number of carbonyl (C=O) groups is 1. The van der Waals surface area contributed by atoms with Gasteiger partial charge in [-0.2, -0.15) is 0 Å². The van der Waals surface area contributed by atoms with Crippen molar-refractivity contribution in [2.24, 2.45) is 5.41 Å². The van der Waals surface area contributed by atoms with Crippen molar-refractivity contribution in [1.29, 1.82) is 0 Å². The summed E-state index contributed by atoms with van der Waals surface area (Å²) in [5, 5.41) is 5.33. The zero-order chi connectivity index (χ0) is 19.9. The molecule has 3 fully saturated rings. The minimum atomic E-state index is -0.348. The highest BCUT2D eigenvalue weighted by molar-refractivity contribution is 7.10. The van der Waals surface area contributed by atoms with Gasteiger partial charge in [-0.3, -0.25) is 9.69 Å². The Balaban J connectivity index is 0.00000218. The number of likely N-dealkylation sites (tertiary alicyclic amines) is 1. The molecule has 2 aromatic rings. The maximum absolute atomic E-state index is 13.4. The largest absolute Gasteiger partial charge is 0.355 e. The Hall–Kier alpha value is -1.43. The van der Waals surface area contributed by atoms with Crippen LogP contribution in [0.2, 0.25) is 0 Å². The number of nitrogens with zero attached hydrogens (tertiary/aromatic N) is 1. The van der Waals surface area contributed by atoms with Crippen molar-refractivity contribution in [3.8, 4) is 0 Å². The molecule has 1 saturated carbocycles. The third kappa shape index (κ3) is 3.49. The van der Waals surface area contributed by atoms with E-state index >= 15 is 0 Å². The lowest BCUT2D eigenvalue weighted by Crippen LogP contribution is -2.54. The fourth-order valence-corrected chi connectivity index (χ4v) is 7.18. The molecule has 6 heteroatoms. The number of rotatable bonds is 3. The summed E-state index contributed by atoms with van der Waals surface area (Å²) in [6.45, 7) is 2.59. The van der Waals surface area contributed by atoms with Gasteiger partial charge in [-0.05, 0) is 54.8 Å². The molecule has 1 atom stereocenters. The molecule has 1 aromatic heterocycles. The fraction of sp³-hybridized carbons (Fsp3) is 0.542. The summed E-state index contributed by atoms with van der Waals surface area (Å²) in [5.41, 5.74) is 0.900. The highest BCUT2D eigenvalue weighted by atomic mass is 35.5. The topological polar surface area (TPSA) is 32.3 Å². The molecule has 3 heterocycles. The molecule has 1 amide bonds. The van der Waals surface area contributed by atoms with Crippen LogP contribution in [0.1, 0.15) is 61.3 Å². The molecular weight excluding hydrogens is 419 g/mol. The third-order valence-electron chi connectivity index (χ3n) is 7.78. The highest BCUT2D eigenvalue weighted by Gasteiger charge is 2.54.